The molecule has 1 saturated heterocycles. The molecule has 2 aliphatic heterocycles. The van der Waals surface area contributed by atoms with E-state index in [2.05, 4.69) is 11.7 Å². The highest BCUT2D eigenvalue weighted by Gasteiger charge is 2.54. The van der Waals surface area contributed by atoms with Crippen molar-refractivity contribution < 1.29 is 24.3 Å². The van der Waals surface area contributed by atoms with Gasteiger partial charge >= 0.3 is 12.0 Å². The van der Waals surface area contributed by atoms with Gasteiger partial charge in [-0.05, 0) is 0 Å². The molecule has 3 rings (SSSR count). The van der Waals surface area contributed by atoms with Gasteiger partial charge in [-0.25, -0.2) is 9.59 Å². The van der Waals surface area contributed by atoms with E-state index in [9.17, 15) is 19.5 Å². The second kappa shape index (κ2) is 5.88. The summed E-state index contributed by atoms with van der Waals surface area (Å²) in [6, 6.07) is -2.08. The van der Waals surface area contributed by atoms with Gasteiger partial charge in [0.25, 0.3) is 5.91 Å². The minimum atomic E-state index is -1.22. The zero-order chi connectivity index (χ0) is 18.5. The Bertz CT molecular complexity index is 771. The van der Waals surface area contributed by atoms with E-state index in [1.165, 1.54) is 20.6 Å². The summed E-state index contributed by atoms with van der Waals surface area (Å²) in [5.74, 6) is -1.55. The van der Waals surface area contributed by atoms with Crippen LogP contribution in [0.4, 0.5) is 4.79 Å². The number of hydroxylamine groups is 2. The van der Waals surface area contributed by atoms with Crippen LogP contribution in [-0.4, -0.2) is 74.9 Å². The SMILES string of the molecule is C=CCON1C(=O)N2C[C@@H]1c1c(C(=O)O)nn(C)c1[C@H]2C(=O)N(C)C. The molecule has 3 heterocycles. The number of aromatic carboxylic acids is 1. The maximum absolute atomic E-state index is 12.7. The fourth-order valence-electron chi connectivity index (χ4n) is 3.31. The lowest BCUT2D eigenvalue weighted by Gasteiger charge is -2.31. The smallest absolute Gasteiger partial charge is 0.356 e. The molecule has 0 unspecified atom stereocenters. The van der Waals surface area contributed by atoms with Gasteiger partial charge in [0.05, 0.1) is 18.8 Å². The summed E-state index contributed by atoms with van der Waals surface area (Å²) >= 11 is 0. The van der Waals surface area contributed by atoms with Gasteiger partial charge in [-0.15, -0.1) is 6.58 Å². The number of hydrogen-bond acceptors (Lipinski definition) is 5. The first-order chi connectivity index (χ1) is 11.8. The Labute approximate surface area is 143 Å². The first kappa shape index (κ1) is 17.0. The van der Waals surface area contributed by atoms with Crippen LogP contribution in [0.2, 0.25) is 0 Å². The van der Waals surface area contributed by atoms with E-state index >= 15 is 0 Å². The average Bonchev–Trinajstić information content (AvgIpc) is 3.03. The maximum Gasteiger partial charge on any atom is 0.356 e. The molecule has 2 bridgehead atoms. The fourth-order valence-corrected chi connectivity index (χ4v) is 3.31. The van der Waals surface area contributed by atoms with Crippen molar-refractivity contribution in [3.05, 3.63) is 29.6 Å². The van der Waals surface area contributed by atoms with Crippen LogP contribution < -0.4 is 0 Å². The molecule has 10 nitrogen and oxygen atoms in total. The Morgan fingerprint density at radius 1 is 1.48 bits per heavy atom. The standard InChI is InChI=1S/C15H19N5O5/c1-5-6-25-20-8-7-19(15(20)24)12(13(21)17(2)3)11-9(8)10(14(22)23)16-18(11)4/h5,8,12H,1,6-7H2,2-4H3,(H,22,23)/t8-,12+/m1/s1. The third-order valence-corrected chi connectivity index (χ3v) is 4.33. The number of rotatable bonds is 5. The first-order valence-electron chi connectivity index (χ1n) is 7.64. The predicted octanol–water partition coefficient (Wildman–Crippen LogP) is 0.157. The Kier molecular flexibility index (Phi) is 3.99. The summed E-state index contributed by atoms with van der Waals surface area (Å²) in [5.41, 5.74) is 0.548. The maximum atomic E-state index is 12.7. The number of aromatic nitrogens is 2. The van der Waals surface area contributed by atoms with Crippen molar-refractivity contribution in [1.82, 2.24) is 24.6 Å². The second-order valence-electron chi connectivity index (χ2n) is 6.07. The molecule has 0 saturated carbocycles. The molecule has 25 heavy (non-hydrogen) atoms. The van der Waals surface area contributed by atoms with Crippen molar-refractivity contribution >= 4 is 17.9 Å². The zero-order valence-electron chi connectivity index (χ0n) is 14.2. The summed E-state index contributed by atoms with van der Waals surface area (Å²) in [4.78, 5) is 45.3. The van der Waals surface area contributed by atoms with Gasteiger partial charge in [0, 0.05) is 26.7 Å². The number of urea groups is 1. The molecule has 1 N–H and O–H groups in total. The molecule has 3 amide bonds. The Balaban J connectivity index is 2.19. The van der Waals surface area contributed by atoms with Gasteiger partial charge in [0.2, 0.25) is 0 Å². The number of likely N-dealkylation sites (N-methyl/N-ethyl adjacent to an activating group) is 1. The molecule has 0 aliphatic carbocycles. The number of fused-ring (bicyclic) bond motifs is 4. The highest BCUT2D eigenvalue weighted by atomic mass is 16.7. The van der Waals surface area contributed by atoms with Gasteiger partial charge in [0.1, 0.15) is 6.04 Å². The number of carboxylic acid groups (broad SMARTS) is 1. The number of carbonyl (C=O) groups excluding carboxylic acids is 2. The topological polar surface area (TPSA) is 108 Å². The van der Waals surface area contributed by atoms with Crippen molar-refractivity contribution in [2.24, 2.45) is 7.05 Å². The number of hydrogen-bond donors (Lipinski definition) is 1. The van der Waals surface area contributed by atoms with Crippen LogP contribution in [0.3, 0.4) is 0 Å². The van der Waals surface area contributed by atoms with Crippen molar-refractivity contribution in [2.75, 3.05) is 27.2 Å². The van der Waals surface area contributed by atoms with Gasteiger partial charge < -0.3 is 14.9 Å². The van der Waals surface area contributed by atoms with Gasteiger partial charge in [-0.1, -0.05) is 6.08 Å². The van der Waals surface area contributed by atoms with Crippen molar-refractivity contribution in [3.63, 3.8) is 0 Å². The molecule has 2 atom stereocenters. The van der Waals surface area contributed by atoms with Crippen LogP contribution in [0, 0.1) is 0 Å². The molecule has 0 radical (unpaired) electrons. The van der Waals surface area contributed by atoms with Crippen LogP contribution in [0.15, 0.2) is 12.7 Å². The number of nitrogens with zero attached hydrogens (tertiary/aromatic N) is 5. The summed E-state index contributed by atoms with van der Waals surface area (Å²) in [6.07, 6.45) is 1.48. The minimum absolute atomic E-state index is 0.0837. The third-order valence-electron chi connectivity index (χ3n) is 4.33. The van der Waals surface area contributed by atoms with Crippen LogP contribution in [0.5, 0.6) is 0 Å². The summed E-state index contributed by atoms with van der Waals surface area (Å²) < 4.78 is 1.36. The molecule has 2 aliphatic rings. The van der Waals surface area contributed by atoms with Crippen molar-refractivity contribution in [1.29, 1.82) is 0 Å². The largest absolute Gasteiger partial charge is 0.476 e. The molecule has 1 aromatic heterocycles. The number of aryl methyl sites for hydroxylation is 1. The van der Waals surface area contributed by atoms with E-state index in [1.54, 1.807) is 21.1 Å². The van der Waals surface area contributed by atoms with Crippen LogP contribution in [-0.2, 0) is 16.7 Å². The number of carbonyl (C=O) groups is 3. The third kappa shape index (κ3) is 2.37. The Morgan fingerprint density at radius 2 is 2.16 bits per heavy atom. The van der Waals surface area contributed by atoms with Crippen LogP contribution >= 0.6 is 0 Å². The predicted molar refractivity (Wildman–Crippen MR) is 84.4 cm³/mol. The minimum Gasteiger partial charge on any atom is -0.476 e. The van der Waals surface area contributed by atoms with Gasteiger partial charge in [0.15, 0.2) is 11.7 Å². The second-order valence-corrected chi connectivity index (χ2v) is 6.07. The van der Waals surface area contributed by atoms with Crippen molar-refractivity contribution in [2.45, 2.75) is 12.1 Å². The van der Waals surface area contributed by atoms with Crippen LogP contribution in [0.25, 0.3) is 0 Å². The number of carboxylic acids is 1. The van der Waals surface area contributed by atoms with Crippen molar-refractivity contribution in [3.8, 4) is 0 Å². The lowest BCUT2D eigenvalue weighted by Crippen LogP contribution is -2.44. The normalized spacial score (nSPS) is 21.3. The Hall–Kier alpha value is -2.88. The number of amides is 3. The van der Waals surface area contributed by atoms with Gasteiger partial charge in [-0.2, -0.15) is 10.2 Å². The quantitative estimate of drug-likeness (QED) is 0.759. The van der Waals surface area contributed by atoms with E-state index in [1.807, 2.05) is 0 Å². The Morgan fingerprint density at radius 3 is 2.72 bits per heavy atom. The first-order valence-corrected chi connectivity index (χ1v) is 7.64. The lowest BCUT2D eigenvalue weighted by molar-refractivity contribution is -0.134. The molecule has 0 spiro atoms. The van der Waals surface area contributed by atoms with Gasteiger partial charge in [-0.3, -0.25) is 14.3 Å². The molecule has 134 valence electrons. The summed E-state index contributed by atoms with van der Waals surface area (Å²) in [6.45, 7) is 3.78. The molecular weight excluding hydrogens is 330 g/mol. The van der Waals surface area contributed by atoms with E-state index in [0.29, 0.717) is 11.3 Å². The van der Waals surface area contributed by atoms with E-state index in [0.717, 1.165) is 5.06 Å². The zero-order valence-corrected chi connectivity index (χ0v) is 14.2. The summed E-state index contributed by atoms with van der Waals surface area (Å²) in [5, 5.41) is 14.7. The average molecular weight is 349 g/mol. The fraction of sp³-hybridized carbons (Fsp3) is 0.467. The van der Waals surface area contributed by atoms with Crippen LogP contribution in [0.1, 0.15) is 33.8 Å². The molecule has 0 aromatic carbocycles. The molecule has 10 heteroatoms. The van der Waals surface area contributed by atoms with E-state index < -0.39 is 24.1 Å². The molecule has 1 aromatic rings. The molecule has 1 fully saturated rings. The highest BCUT2D eigenvalue weighted by Crippen LogP contribution is 2.45. The van der Waals surface area contributed by atoms with E-state index in [-0.39, 0.29) is 24.8 Å². The van der Waals surface area contributed by atoms with E-state index in [4.69, 9.17) is 4.84 Å². The highest BCUT2D eigenvalue weighted by molar-refractivity contribution is 5.94. The lowest BCUT2D eigenvalue weighted by atomic mass is 9.94. The monoisotopic (exact) mass is 349 g/mol. The molecular formula is C15H19N5O5. The summed E-state index contributed by atoms with van der Waals surface area (Å²) in [7, 11) is 4.72.